The number of carboxylic acid groups (broad SMARTS) is 1. The van der Waals surface area contributed by atoms with Crippen LogP contribution in [-0.2, 0) is 0 Å². The lowest BCUT2D eigenvalue weighted by atomic mass is 10.1. The minimum absolute atomic E-state index is 0.0121. The fraction of sp³-hybridized carbons (Fsp3) is 0.222. The van der Waals surface area contributed by atoms with Crippen molar-refractivity contribution in [1.29, 1.82) is 0 Å². The number of benzene rings is 3. The summed E-state index contributed by atoms with van der Waals surface area (Å²) in [5.74, 6) is -0.871. The number of non-ortho nitro benzene ring substituents is 2. The molecule has 3 aromatic carbocycles. The Morgan fingerprint density at radius 2 is 0.974 bits per heavy atom. The molecular weight excluding hydrogens is 494 g/mol. The summed E-state index contributed by atoms with van der Waals surface area (Å²) in [4.78, 5) is 52.4. The summed E-state index contributed by atoms with van der Waals surface area (Å²) in [6.07, 6.45) is 2.78. The van der Waals surface area contributed by atoms with Crippen LogP contribution in [0, 0.1) is 20.2 Å². The van der Waals surface area contributed by atoms with E-state index in [1.54, 1.807) is 24.3 Å². The highest BCUT2D eigenvalue weighted by atomic mass is 16.6. The summed E-state index contributed by atoms with van der Waals surface area (Å²) in [5.41, 5.74) is 7.42. The van der Waals surface area contributed by atoms with Gasteiger partial charge >= 0.3 is 5.97 Å². The van der Waals surface area contributed by atoms with Crippen molar-refractivity contribution in [3.8, 4) is 0 Å². The number of nitrogens with zero attached hydrogens (tertiary/aromatic N) is 2. The molecule has 0 saturated carbocycles. The lowest BCUT2D eigenvalue weighted by Gasteiger charge is -1.98. The number of hydrogen-bond donors (Lipinski definition) is 2. The van der Waals surface area contributed by atoms with E-state index in [1.807, 2.05) is 13.8 Å². The van der Waals surface area contributed by atoms with Gasteiger partial charge < -0.3 is 10.8 Å². The van der Waals surface area contributed by atoms with Crippen molar-refractivity contribution in [2.75, 3.05) is 5.73 Å². The second-order valence-electron chi connectivity index (χ2n) is 7.88. The molecule has 11 heteroatoms. The Morgan fingerprint density at radius 1 is 0.658 bits per heavy atom. The zero-order valence-corrected chi connectivity index (χ0v) is 21.0. The number of Topliss-reactive ketones (excluding diaryl/α,β-unsaturated/α-hetero) is 2. The lowest BCUT2D eigenvalue weighted by molar-refractivity contribution is -0.385. The van der Waals surface area contributed by atoms with Crippen molar-refractivity contribution in [3.63, 3.8) is 0 Å². The summed E-state index contributed by atoms with van der Waals surface area (Å²) in [7, 11) is 0. The first kappa shape index (κ1) is 31.1. The Labute approximate surface area is 219 Å². The summed E-state index contributed by atoms with van der Waals surface area (Å²) < 4.78 is 0. The normalized spacial score (nSPS) is 9.63. The van der Waals surface area contributed by atoms with Crippen LogP contribution < -0.4 is 5.73 Å². The number of anilines is 1. The number of nitrogen functional groups attached to an aromatic ring is 1. The lowest BCUT2D eigenvalue weighted by Crippen LogP contribution is -1.98. The van der Waals surface area contributed by atoms with Gasteiger partial charge in [-0.25, -0.2) is 4.79 Å². The second kappa shape index (κ2) is 15.9. The summed E-state index contributed by atoms with van der Waals surface area (Å²) in [6, 6.07) is 17.4. The van der Waals surface area contributed by atoms with Gasteiger partial charge in [-0.3, -0.25) is 29.8 Å². The maximum Gasteiger partial charge on any atom is 0.335 e. The van der Waals surface area contributed by atoms with E-state index in [4.69, 9.17) is 10.8 Å². The SMILES string of the molecule is CCCC(=O)c1ccc(N)cc1.CCCC(=O)c1ccc([N+](=O)[O-])cc1.O=C(O)c1ccc([N+](=O)[O-])cc1. The zero-order chi connectivity index (χ0) is 28.7. The molecule has 0 bridgehead atoms. The predicted octanol–water partition coefficient (Wildman–Crippen LogP) is 6.12. The molecule has 0 aliphatic rings. The number of nitro benzene ring substituents is 2. The molecule has 3 aromatic rings. The number of hydrogen-bond acceptors (Lipinski definition) is 8. The Balaban J connectivity index is 0.000000286. The predicted molar refractivity (Wildman–Crippen MR) is 142 cm³/mol. The molecule has 0 radical (unpaired) electrons. The molecule has 0 aromatic heterocycles. The van der Waals surface area contributed by atoms with Crippen LogP contribution in [0.3, 0.4) is 0 Å². The van der Waals surface area contributed by atoms with Crippen LogP contribution in [-0.4, -0.2) is 32.5 Å². The number of carbonyl (C=O) groups is 3. The van der Waals surface area contributed by atoms with Gasteiger partial charge in [-0.05, 0) is 61.4 Å². The molecule has 11 nitrogen and oxygen atoms in total. The van der Waals surface area contributed by atoms with Crippen LogP contribution in [0.25, 0.3) is 0 Å². The van der Waals surface area contributed by atoms with Crippen LogP contribution in [0.1, 0.15) is 70.6 Å². The van der Waals surface area contributed by atoms with E-state index >= 15 is 0 Å². The van der Waals surface area contributed by atoms with Crippen molar-refractivity contribution in [2.24, 2.45) is 0 Å². The van der Waals surface area contributed by atoms with Gasteiger partial charge in [0.1, 0.15) is 0 Å². The van der Waals surface area contributed by atoms with Crippen molar-refractivity contribution < 1.29 is 29.3 Å². The van der Waals surface area contributed by atoms with Crippen LogP contribution in [0.15, 0.2) is 72.8 Å². The standard InChI is InChI=1S/C10H11NO3.C10H13NO.C7H5NO4/c1-2-3-10(12)8-4-6-9(7-5-8)11(13)14;1-2-3-10(12)8-4-6-9(11)7-5-8;9-7(10)5-1-3-6(4-2-5)8(11)12/h4-7H,2-3H2,1H3;4-7H,2-3,11H2,1H3;1-4H,(H,9,10). The van der Waals surface area contributed by atoms with Gasteiger partial charge in [0, 0.05) is 53.9 Å². The minimum Gasteiger partial charge on any atom is -0.478 e. The highest BCUT2D eigenvalue weighted by molar-refractivity contribution is 5.96. The van der Waals surface area contributed by atoms with Gasteiger partial charge in [-0.1, -0.05) is 13.8 Å². The van der Waals surface area contributed by atoms with Crippen LogP contribution in [0.5, 0.6) is 0 Å². The van der Waals surface area contributed by atoms with Crippen LogP contribution in [0.2, 0.25) is 0 Å². The van der Waals surface area contributed by atoms with Crippen molar-refractivity contribution in [1.82, 2.24) is 0 Å². The number of carbonyl (C=O) groups excluding carboxylic acids is 2. The summed E-state index contributed by atoms with van der Waals surface area (Å²) in [5, 5.41) is 28.9. The molecule has 0 aliphatic carbocycles. The Kier molecular flexibility index (Phi) is 13.0. The van der Waals surface area contributed by atoms with E-state index in [9.17, 15) is 34.6 Å². The molecule has 0 heterocycles. The van der Waals surface area contributed by atoms with Gasteiger partial charge in [0.15, 0.2) is 11.6 Å². The third-order valence-corrected chi connectivity index (χ3v) is 4.91. The maximum atomic E-state index is 11.4. The van der Waals surface area contributed by atoms with Crippen molar-refractivity contribution in [3.05, 3.63) is 110 Å². The number of nitrogens with two attached hydrogens (primary N) is 1. The number of carboxylic acids is 1. The van der Waals surface area contributed by atoms with Crippen molar-refractivity contribution in [2.45, 2.75) is 39.5 Å². The molecule has 0 unspecified atom stereocenters. The molecule has 38 heavy (non-hydrogen) atoms. The molecule has 200 valence electrons. The third kappa shape index (κ3) is 10.8. The smallest absolute Gasteiger partial charge is 0.335 e. The fourth-order valence-corrected chi connectivity index (χ4v) is 2.91. The topological polar surface area (TPSA) is 184 Å². The minimum atomic E-state index is -1.09. The number of rotatable bonds is 9. The first-order valence-electron chi connectivity index (χ1n) is 11.6. The third-order valence-electron chi connectivity index (χ3n) is 4.91. The van der Waals surface area contributed by atoms with E-state index in [0.29, 0.717) is 24.1 Å². The molecule has 0 saturated heterocycles. The van der Waals surface area contributed by atoms with Crippen LogP contribution >= 0.6 is 0 Å². The van der Waals surface area contributed by atoms with E-state index in [1.165, 1.54) is 36.4 Å². The highest BCUT2D eigenvalue weighted by Crippen LogP contribution is 2.14. The highest BCUT2D eigenvalue weighted by Gasteiger charge is 2.08. The molecule has 0 fully saturated rings. The van der Waals surface area contributed by atoms with Gasteiger partial charge in [0.2, 0.25) is 0 Å². The second-order valence-corrected chi connectivity index (χ2v) is 7.88. The molecule has 0 aliphatic heterocycles. The quantitative estimate of drug-likeness (QED) is 0.144. The molecule has 0 atom stereocenters. The van der Waals surface area contributed by atoms with E-state index in [2.05, 4.69) is 0 Å². The summed E-state index contributed by atoms with van der Waals surface area (Å²) >= 11 is 0. The molecule has 3 rings (SSSR count). The Bertz CT molecular complexity index is 1210. The molecule has 0 spiro atoms. The molecule has 3 N–H and O–H groups in total. The zero-order valence-electron chi connectivity index (χ0n) is 21.0. The summed E-state index contributed by atoms with van der Waals surface area (Å²) in [6.45, 7) is 3.92. The fourth-order valence-electron chi connectivity index (χ4n) is 2.91. The average molecular weight is 524 g/mol. The molecule has 0 amide bonds. The van der Waals surface area contributed by atoms with Gasteiger partial charge in [0.25, 0.3) is 11.4 Å². The van der Waals surface area contributed by atoms with E-state index < -0.39 is 15.8 Å². The first-order chi connectivity index (χ1) is 18.0. The maximum absolute atomic E-state index is 11.4. The Hall–Kier alpha value is -4.93. The number of aromatic carboxylic acids is 1. The molecular formula is C27H29N3O8. The van der Waals surface area contributed by atoms with E-state index in [0.717, 1.165) is 30.5 Å². The van der Waals surface area contributed by atoms with Gasteiger partial charge in [-0.15, -0.1) is 0 Å². The van der Waals surface area contributed by atoms with Crippen LogP contribution in [0.4, 0.5) is 17.1 Å². The van der Waals surface area contributed by atoms with Crippen molar-refractivity contribution >= 4 is 34.6 Å². The monoisotopic (exact) mass is 523 g/mol. The Morgan fingerprint density at radius 3 is 1.26 bits per heavy atom. The van der Waals surface area contributed by atoms with Gasteiger partial charge in [-0.2, -0.15) is 0 Å². The largest absolute Gasteiger partial charge is 0.478 e. The average Bonchev–Trinajstić information content (AvgIpc) is 2.90. The number of nitro groups is 2. The number of ketones is 2. The van der Waals surface area contributed by atoms with E-state index in [-0.39, 0.29) is 28.5 Å². The first-order valence-corrected chi connectivity index (χ1v) is 11.6. The van der Waals surface area contributed by atoms with Gasteiger partial charge in [0.05, 0.1) is 15.4 Å².